The summed E-state index contributed by atoms with van der Waals surface area (Å²) >= 11 is 0. The van der Waals surface area contributed by atoms with E-state index in [0.29, 0.717) is 5.69 Å². The first-order chi connectivity index (χ1) is 7.72. The zero-order valence-corrected chi connectivity index (χ0v) is 9.56. The third-order valence-corrected chi connectivity index (χ3v) is 2.67. The van der Waals surface area contributed by atoms with Crippen molar-refractivity contribution in [1.29, 1.82) is 0 Å². The van der Waals surface area contributed by atoms with E-state index in [1.54, 1.807) is 7.05 Å². The number of carbonyl (C=O) groups is 1. The number of rotatable bonds is 2. The molecule has 6 nitrogen and oxygen atoms in total. The van der Waals surface area contributed by atoms with Crippen LogP contribution in [0.5, 0.6) is 0 Å². The van der Waals surface area contributed by atoms with Gasteiger partial charge in [-0.15, -0.1) is 0 Å². The second kappa shape index (κ2) is 4.63. The minimum Gasteiger partial charge on any atom is -0.311 e. The van der Waals surface area contributed by atoms with Gasteiger partial charge in [0.05, 0.1) is 12.8 Å². The molecule has 2 rings (SSSR count). The average Bonchev–Trinajstić information content (AvgIpc) is 2.58. The van der Waals surface area contributed by atoms with Crippen LogP contribution in [0.3, 0.4) is 0 Å². The smallest absolute Gasteiger partial charge is 0.297 e. The topological polar surface area (TPSA) is 59.4 Å². The zero-order valence-electron chi connectivity index (χ0n) is 9.56. The van der Waals surface area contributed by atoms with Crippen LogP contribution in [0.15, 0.2) is 6.07 Å². The normalized spacial score (nSPS) is 15.4. The van der Waals surface area contributed by atoms with Gasteiger partial charge in [-0.2, -0.15) is 5.10 Å². The Bertz CT molecular complexity index is 365. The number of hydrogen-bond donors (Lipinski definition) is 1. The first-order valence-electron chi connectivity index (χ1n) is 5.32. The SMILES string of the molecule is CON(C)C(=O)c1cc2n(n1)CCCNC2. The van der Waals surface area contributed by atoms with Crippen LogP contribution in [0.2, 0.25) is 0 Å². The summed E-state index contributed by atoms with van der Waals surface area (Å²) in [6, 6.07) is 1.82. The lowest BCUT2D eigenvalue weighted by atomic mass is 10.3. The molecule has 2 heterocycles. The highest BCUT2D eigenvalue weighted by atomic mass is 16.7. The second-order valence-electron chi connectivity index (χ2n) is 3.76. The number of amides is 1. The van der Waals surface area contributed by atoms with Crippen LogP contribution in [0.1, 0.15) is 22.6 Å². The van der Waals surface area contributed by atoms with Gasteiger partial charge in [0.15, 0.2) is 5.69 Å². The molecular weight excluding hydrogens is 208 g/mol. The Morgan fingerprint density at radius 2 is 2.50 bits per heavy atom. The van der Waals surface area contributed by atoms with Crippen LogP contribution in [0.4, 0.5) is 0 Å². The lowest BCUT2D eigenvalue weighted by Crippen LogP contribution is -2.26. The van der Waals surface area contributed by atoms with Crippen LogP contribution < -0.4 is 5.32 Å². The number of fused-ring (bicyclic) bond motifs is 1. The molecule has 1 aromatic heterocycles. The first kappa shape index (κ1) is 11.1. The third kappa shape index (κ3) is 2.07. The van der Waals surface area contributed by atoms with Gasteiger partial charge in [-0.3, -0.25) is 14.3 Å². The van der Waals surface area contributed by atoms with E-state index in [1.807, 2.05) is 10.7 Å². The highest BCUT2D eigenvalue weighted by Gasteiger charge is 2.18. The minimum atomic E-state index is -0.219. The minimum absolute atomic E-state index is 0.219. The van der Waals surface area contributed by atoms with Crippen molar-refractivity contribution < 1.29 is 9.63 Å². The van der Waals surface area contributed by atoms with E-state index in [0.717, 1.165) is 31.7 Å². The standard InChI is InChI=1S/C10H16N4O2/c1-13(16-2)10(15)9-6-8-7-11-4-3-5-14(8)12-9/h6,11H,3-5,7H2,1-2H3. The number of hydrogen-bond acceptors (Lipinski definition) is 4. The van der Waals surface area contributed by atoms with E-state index in [9.17, 15) is 4.79 Å². The van der Waals surface area contributed by atoms with Crippen molar-refractivity contribution in [2.24, 2.45) is 0 Å². The van der Waals surface area contributed by atoms with Gasteiger partial charge in [-0.1, -0.05) is 0 Å². The molecule has 0 fully saturated rings. The molecule has 0 saturated carbocycles. The van der Waals surface area contributed by atoms with Crippen LogP contribution in [0.25, 0.3) is 0 Å². The summed E-state index contributed by atoms with van der Waals surface area (Å²) in [4.78, 5) is 16.6. The maximum absolute atomic E-state index is 11.8. The summed E-state index contributed by atoms with van der Waals surface area (Å²) in [5.41, 5.74) is 1.48. The van der Waals surface area contributed by atoms with Crippen LogP contribution in [0, 0.1) is 0 Å². The number of aromatic nitrogens is 2. The molecule has 1 aromatic rings. The molecule has 0 bridgehead atoms. The van der Waals surface area contributed by atoms with Gasteiger partial charge in [0.1, 0.15) is 0 Å². The number of aryl methyl sites for hydroxylation is 1. The molecule has 16 heavy (non-hydrogen) atoms. The predicted octanol–water partition coefficient (Wildman–Crippen LogP) is 0.00980. The Labute approximate surface area is 94.1 Å². The molecule has 0 saturated heterocycles. The number of hydroxylamine groups is 2. The molecule has 6 heteroatoms. The zero-order chi connectivity index (χ0) is 11.5. The first-order valence-corrected chi connectivity index (χ1v) is 5.32. The van der Waals surface area contributed by atoms with E-state index >= 15 is 0 Å². The van der Waals surface area contributed by atoms with Crippen molar-refractivity contribution in [2.45, 2.75) is 19.5 Å². The summed E-state index contributed by atoms with van der Waals surface area (Å²) in [6.45, 7) is 2.61. The molecule has 0 aliphatic carbocycles. The van der Waals surface area contributed by atoms with Gasteiger partial charge in [0, 0.05) is 20.1 Å². The van der Waals surface area contributed by atoms with Crippen LogP contribution in [-0.4, -0.2) is 41.5 Å². The fourth-order valence-corrected chi connectivity index (χ4v) is 1.71. The van der Waals surface area contributed by atoms with Gasteiger partial charge in [-0.05, 0) is 19.0 Å². The lowest BCUT2D eigenvalue weighted by molar-refractivity contribution is -0.0760. The van der Waals surface area contributed by atoms with Crippen molar-refractivity contribution in [2.75, 3.05) is 20.7 Å². The molecule has 0 unspecified atom stereocenters. The molecule has 0 spiro atoms. The van der Waals surface area contributed by atoms with Gasteiger partial charge in [0.25, 0.3) is 5.91 Å². The monoisotopic (exact) mass is 224 g/mol. The predicted molar refractivity (Wildman–Crippen MR) is 57.7 cm³/mol. The highest BCUT2D eigenvalue weighted by Crippen LogP contribution is 2.10. The average molecular weight is 224 g/mol. The summed E-state index contributed by atoms with van der Waals surface area (Å²) in [6.07, 6.45) is 1.03. The molecule has 0 atom stereocenters. The second-order valence-corrected chi connectivity index (χ2v) is 3.76. The van der Waals surface area contributed by atoms with Gasteiger partial charge in [0.2, 0.25) is 0 Å². The fraction of sp³-hybridized carbons (Fsp3) is 0.600. The summed E-state index contributed by atoms with van der Waals surface area (Å²) in [7, 11) is 3.03. The molecular formula is C10H16N4O2. The maximum Gasteiger partial charge on any atom is 0.297 e. The molecule has 1 aliphatic heterocycles. The fourth-order valence-electron chi connectivity index (χ4n) is 1.71. The molecule has 0 radical (unpaired) electrons. The number of nitrogens with zero attached hydrogens (tertiary/aromatic N) is 3. The molecule has 88 valence electrons. The van der Waals surface area contributed by atoms with E-state index in [-0.39, 0.29) is 5.91 Å². The van der Waals surface area contributed by atoms with Crippen molar-refractivity contribution in [1.82, 2.24) is 20.2 Å². The quantitative estimate of drug-likeness (QED) is 0.719. The van der Waals surface area contributed by atoms with Crippen molar-refractivity contribution in [3.8, 4) is 0 Å². The Kier molecular flexibility index (Phi) is 3.21. The molecule has 1 aliphatic rings. The Balaban J connectivity index is 2.21. The van der Waals surface area contributed by atoms with Crippen molar-refractivity contribution in [3.63, 3.8) is 0 Å². The summed E-state index contributed by atoms with van der Waals surface area (Å²) in [5.74, 6) is -0.219. The number of carbonyl (C=O) groups excluding carboxylic acids is 1. The molecule has 1 N–H and O–H groups in total. The van der Waals surface area contributed by atoms with Crippen LogP contribution in [-0.2, 0) is 17.9 Å². The third-order valence-electron chi connectivity index (χ3n) is 2.67. The summed E-state index contributed by atoms with van der Waals surface area (Å²) < 4.78 is 1.89. The van der Waals surface area contributed by atoms with Gasteiger partial charge in [-0.25, -0.2) is 5.06 Å². The molecule has 1 amide bonds. The van der Waals surface area contributed by atoms with Gasteiger partial charge < -0.3 is 5.32 Å². The largest absolute Gasteiger partial charge is 0.311 e. The number of nitrogens with one attached hydrogen (secondary N) is 1. The Morgan fingerprint density at radius 1 is 1.69 bits per heavy atom. The van der Waals surface area contributed by atoms with Crippen molar-refractivity contribution >= 4 is 5.91 Å². The van der Waals surface area contributed by atoms with Crippen LogP contribution >= 0.6 is 0 Å². The van der Waals surface area contributed by atoms with E-state index in [4.69, 9.17) is 4.84 Å². The van der Waals surface area contributed by atoms with E-state index in [2.05, 4.69) is 10.4 Å². The Hall–Kier alpha value is -1.40. The highest BCUT2D eigenvalue weighted by molar-refractivity contribution is 5.91. The van der Waals surface area contributed by atoms with E-state index in [1.165, 1.54) is 12.2 Å². The Morgan fingerprint density at radius 3 is 3.25 bits per heavy atom. The lowest BCUT2D eigenvalue weighted by Gasteiger charge is -2.11. The van der Waals surface area contributed by atoms with Gasteiger partial charge >= 0.3 is 0 Å². The van der Waals surface area contributed by atoms with E-state index < -0.39 is 0 Å². The maximum atomic E-state index is 11.8. The molecule has 0 aromatic carbocycles. The summed E-state index contributed by atoms with van der Waals surface area (Å²) in [5, 5.41) is 8.74. The van der Waals surface area contributed by atoms with Crippen molar-refractivity contribution in [3.05, 3.63) is 17.5 Å².